The molecule has 2 aromatic carbocycles. The van der Waals surface area contributed by atoms with Crippen LogP contribution in [0.25, 0.3) is 0 Å². The molecule has 2 rings (SSSR count). The van der Waals surface area contributed by atoms with Gasteiger partial charge >= 0.3 is 5.97 Å². The minimum atomic E-state index is -0.449. The van der Waals surface area contributed by atoms with Crippen LogP contribution in [0.3, 0.4) is 0 Å². The molecule has 0 aliphatic carbocycles. The van der Waals surface area contributed by atoms with Crippen molar-refractivity contribution in [1.29, 1.82) is 0 Å². The second-order valence-electron chi connectivity index (χ2n) is 10.1. The fraction of sp³-hybridized carbons (Fsp3) is 0.423. The SMILES string of the molecule is C=C(C)C(=O)Oc1c(Sc2cc(C)cc(C(C)(C)C)c2O)cc(C)cc1C(C)(C)C. The van der Waals surface area contributed by atoms with Gasteiger partial charge in [-0.2, -0.15) is 0 Å². The predicted octanol–water partition coefficient (Wildman–Crippen LogP) is 7.24. The van der Waals surface area contributed by atoms with Gasteiger partial charge in [0.1, 0.15) is 11.5 Å². The Bertz CT molecular complexity index is 989. The van der Waals surface area contributed by atoms with Crippen molar-refractivity contribution in [2.75, 3.05) is 0 Å². The molecule has 162 valence electrons. The van der Waals surface area contributed by atoms with Crippen LogP contribution in [0.2, 0.25) is 0 Å². The summed E-state index contributed by atoms with van der Waals surface area (Å²) >= 11 is 1.43. The lowest BCUT2D eigenvalue weighted by molar-refractivity contribution is -0.130. The van der Waals surface area contributed by atoms with E-state index in [1.165, 1.54) is 11.8 Å². The third-order valence-corrected chi connectivity index (χ3v) is 5.85. The summed E-state index contributed by atoms with van der Waals surface area (Å²) in [4.78, 5) is 14.0. The third-order valence-electron chi connectivity index (χ3n) is 4.80. The van der Waals surface area contributed by atoms with Crippen LogP contribution in [-0.2, 0) is 15.6 Å². The molecule has 0 unspecified atom stereocenters. The van der Waals surface area contributed by atoms with E-state index in [1.807, 2.05) is 32.0 Å². The summed E-state index contributed by atoms with van der Waals surface area (Å²) in [5.41, 5.74) is 3.92. The van der Waals surface area contributed by atoms with E-state index < -0.39 is 5.97 Å². The number of hydrogen-bond donors (Lipinski definition) is 1. The lowest BCUT2D eigenvalue weighted by atomic mass is 9.85. The highest BCUT2D eigenvalue weighted by Crippen LogP contribution is 2.47. The minimum Gasteiger partial charge on any atom is -0.506 e. The standard InChI is InChI=1S/C26H34O3S/c1-15(2)24(28)29-23-19(26(8,9)10)12-17(4)14-21(23)30-20-13-16(3)11-18(22(20)27)25(5,6)7/h11-14,27H,1H2,2-10H3. The number of carbonyl (C=O) groups excluding carboxylic acids is 1. The Morgan fingerprint density at radius 1 is 0.900 bits per heavy atom. The Balaban J connectivity index is 2.71. The monoisotopic (exact) mass is 426 g/mol. The molecule has 4 heteroatoms. The summed E-state index contributed by atoms with van der Waals surface area (Å²) in [5.74, 6) is 0.355. The van der Waals surface area contributed by atoms with E-state index >= 15 is 0 Å². The average molecular weight is 427 g/mol. The van der Waals surface area contributed by atoms with Crippen LogP contribution in [0.1, 0.15) is 70.7 Å². The van der Waals surface area contributed by atoms with Gasteiger partial charge in [0.05, 0.1) is 9.79 Å². The molecule has 0 heterocycles. The number of hydrogen-bond acceptors (Lipinski definition) is 4. The van der Waals surface area contributed by atoms with Crippen molar-refractivity contribution in [1.82, 2.24) is 0 Å². The first-order chi connectivity index (χ1) is 13.6. The number of rotatable bonds is 4. The quantitative estimate of drug-likeness (QED) is 0.318. The predicted molar refractivity (Wildman–Crippen MR) is 126 cm³/mol. The van der Waals surface area contributed by atoms with E-state index in [1.54, 1.807) is 6.92 Å². The number of carbonyl (C=O) groups is 1. The molecule has 1 N–H and O–H groups in total. The Kier molecular flexibility index (Phi) is 6.82. The summed E-state index contributed by atoms with van der Waals surface area (Å²) in [5, 5.41) is 11.0. The molecular weight excluding hydrogens is 392 g/mol. The maximum atomic E-state index is 12.4. The van der Waals surface area contributed by atoms with Gasteiger partial charge < -0.3 is 9.84 Å². The van der Waals surface area contributed by atoms with Gasteiger partial charge in [-0.05, 0) is 54.9 Å². The lowest BCUT2D eigenvalue weighted by Gasteiger charge is -2.26. The Morgan fingerprint density at radius 3 is 1.83 bits per heavy atom. The highest BCUT2D eigenvalue weighted by Gasteiger charge is 2.26. The summed E-state index contributed by atoms with van der Waals surface area (Å²) in [6.45, 7) is 21.9. The zero-order chi connectivity index (χ0) is 23.0. The molecule has 0 fully saturated rings. The van der Waals surface area contributed by atoms with Crippen molar-refractivity contribution in [2.45, 2.75) is 82.9 Å². The molecule has 0 spiro atoms. The summed E-state index contributed by atoms with van der Waals surface area (Å²) in [7, 11) is 0. The molecule has 0 saturated heterocycles. The number of benzene rings is 2. The molecule has 0 saturated carbocycles. The number of aromatic hydroxyl groups is 1. The maximum absolute atomic E-state index is 12.4. The van der Waals surface area contributed by atoms with Crippen LogP contribution < -0.4 is 4.74 Å². The van der Waals surface area contributed by atoms with E-state index in [9.17, 15) is 9.90 Å². The molecule has 0 aliphatic heterocycles. The van der Waals surface area contributed by atoms with Crippen LogP contribution in [0.4, 0.5) is 0 Å². The second kappa shape index (κ2) is 8.50. The molecule has 0 aliphatic rings. The summed E-state index contributed by atoms with van der Waals surface area (Å²) < 4.78 is 5.82. The molecular formula is C26H34O3S. The van der Waals surface area contributed by atoms with E-state index in [0.717, 1.165) is 32.0 Å². The number of phenols is 1. The Morgan fingerprint density at radius 2 is 1.37 bits per heavy atom. The number of aryl methyl sites for hydroxylation is 2. The molecule has 0 amide bonds. The summed E-state index contributed by atoms with van der Waals surface area (Å²) in [6.07, 6.45) is 0. The lowest BCUT2D eigenvalue weighted by Crippen LogP contribution is -2.17. The number of ether oxygens (including phenoxy) is 1. The first kappa shape index (κ1) is 24.1. The Labute approximate surface area is 185 Å². The van der Waals surface area contributed by atoms with Crippen LogP contribution in [0, 0.1) is 13.8 Å². The zero-order valence-electron chi connectivity index (χ0n) is 19.7. The van der Waals surface area contributed by atoms with Gasteiger partial charge in [-0.15, -0.1) is 0 Å². The van der Waals surface area contributed by atoms with Crippen molar-refractivity contribution in [2.24, 2.45) is 0 Å². The molecule has 0 radical (unpaired) electrons. The van der Waals surface area contributed by atoms with E-state index in [-0.39, 0.29) is 16.6 Å². The number of phenolic OH excluding ortho intramolecular Hbond substituents is 1. The smallest absolute Gasteiger partial charge is 0.338 e. The van der Waals surface area contributed by atoms with Crippen LogP contribution >= 0.6 is 11.8 Å². The summed E-state index contributed by atoms with van der Waals surface area (Å²) in [6, 6.07) is 8.05. The van der Waals surface area contributed by atoms with Gasteiger partial charge in [0, 0.05) is 16.7 Å². The fourth-order valence-corrected chi connectivity index (χ4v) is 4.35. The minimum absolute atomic E-state index is 0.191. The molecule has 0 bridgehead atoms. The zero-order valence-corrected chi connectivity index (χ0v) is 20.5. The van der Waals surface area contributed by atoms with Gasteiger partial charge in [-0.3, -0.25) is 0 Å². The topological polar surface area (TPSA) is 46.5 Å². The molecule has 3 nitrogen and oxygen atoms in total. The molecule has 0 aromatic heterocycles. The third kappa shape index (κ3) is 5.48. The second-order valence-corrected chi connectivity index (χ2v) is 11.2. The van der Waals surface area contributed by atoms with Gasteiger partial charge in [-0.25, -0.2) is 4.79 Å². The highest BCUT2D eigenvalue weighted by molar-refractivity contribution is 7.99. The van der Waals surface area contributed by atoms with E-state index in [2.05, 4.69) is 54.2 Å². The van der Waals surface area contributed by atoms with Gasteiger partial charge in [0.2, 0.25) is 0 Å². The molecule has 2 aromatic rings. The van der Waals surface area contributed by atoms with Gasteiger partial charge in [0.15, 0.2) is 0 Å². The normalized spacial score (nSPS) is 12.0. The van der Waals surface area contributed by atoms with Crippen LogP contribution in [-0.4, -0.2) is 11.1 Å². The van der Waals surface area contributed by atoms with Crippen LogP contribution in [0.15, 0.2) is 46.2 Å². The number of esters is 1. The van der Waals surface area contributed by atoms with Crippen molar-refractivity contribution < 1.29 is 14.6 Å². The van der Waals surface area contributed by atoms with Crippen molar-refractivity contribution in [3.63, 3.8) is 0 Å². The Hall–Kier alpha value is -2.20. The highest BCUT2D eigenvalue weighted by atomic mass is 32.2. The van der Waals surface area contributed by atoms with E-state index in [4.69, 9.17) is 4.74 Å². The van der Waals surface area contributed by atoms with Gasteiger partial charge in [0.25, 0.3) is 0 Å². The molecule has 0 atom stereocenters. The maximum Gasteiger partial charge on any atom is 0.338 e. The fourth-order valence-electron chi connectivity index (χ4n) is 3.17. The van der Waals surface area contributed by atoms with E-state index in [0.29, 0.717) is 11.3 Å². The van der Waals surface area contributed by atoms with Gasteiger partial charge in [-0.1, -0.05) is 72.0 Å². The van der Waals surface area contributed by atoms with Crippen molar-refractivity contribution in [3.05, 3.63) is 58.7 Å². The van der Waals surface area contributed by atoms with Crippen molar-refractivity contribution in [3.8, 4) is 11.5 Å². The first-order valence-corrected chi connectivity index (χ1v) is 11.0. The first-order valence-electron chi connectivity index (χ1n) is 10.2. The van der Waals surface area contributed by atoms with Crippen molar-refractivity contribution >= 4 is 17.7 Å². The van der Waals surface area contributed by atoms with Crippen LogP contribution in [0.5, 0.6) is 11.5 Å². The molecule has 30 heavy (non-hydrogen) atoms. The average Bonchev–Trinajstić information content (AvgIpc) is 2.57. The largest absolute Gasteiger partial charge is 0.506 e.